The topological polar surface area (TPSA) is 122 Å². The van der Waals surface area contributed by atoms with Gasteiger partial charge in [-0.05, 0) is 12.5 Å². The van der Waals surface area contributed by atoms with E-state index in [9.17, 15) is 24.0 Å². The Morgan fingerprint density at radius 3 is 2.42 bits per heavy atom. The predicted molar refractivity (Wildman–Crippen MR) is 66.5 cm³/mol. The van der Waals surface area contributed by atoms with Gasteiger partial charge in [-0.15, -0.1) is 0 Å². The number of aliphatic hydroxyl groups is 1. The smallest absolute Gasteiger partial charge is 0.263 e. The molecule has 3 unspecified atom stereocenters. The Morgan fingerprint density at radius 1 is 1.42 bits per heavy atom. The molecule has 0 bridgehead atoms. The normalized spacial score (nSPS) is 21.2. The number of pyridine rings is 1. The van der Waals surface area contributed by atoms with Crippen LogP contribution in [0.25, 0.3) is 0 Å². The van der Waals surface area contributed by atoms with E-state index < -0.39 is 26.6 Å². The molecule has 108 valence electrons. The molecule has 0 aromatic carbocycles. The zero-order valence-electron chi connectivity index (χ0n) is 10.6. The summed E-state index contributed by atoms with van der Waals surface area (Å²) >= 11 is 0. The summed E-state index contributed by atoms with van der Waals surface area (Å²) < 4.78 is 24.1. The summed E-state index contributed by atoms with van der Waals surface area (Å²) in [6.07, 6.45) is 3.65. The molecule has 1 aromatic rings. The first kappa shape index (κ1) is 16.5. The zero-order chi connectivity index (χ0) is 14.9. The molecule has 0 aliphatic heterocycles. The number of hydrogen-bond acceptors (Lipinski definition) is 4. The zero-order valence-corrected chi connectivity index (χ0v) is 12.4. The van der Waals surface area contributed by atoms with Gasteiger partial charge in [0.05, 0.1) is 0 Å². The molecule has 0 spiro atoms. The maximum absolute atomic E-state index is 11.6. The molecule has 0 aliphatic rings. The quantitative estimate of drug-likeness (QED) is 0.504. The van der Waals surface area contributed by atoms with Crippen molar-refractivity contribution in [3.63, 3.8) is 0 Å². The molecule has 0 aliphatic carbocycles. The first-order valence-electron chi connectivity index (χ1n) is 5.56. The van der Waals surface area contributed by atoms with Crippen LogP contribution in [-0.2, 0) is 22.1 Å². The maximum Gasteiger partial charge on any atom is 0.263 e. The van der Waals surface area contributed by atoms with Crippen LogP contribution < -0.4 is 9.46 Å². The molecule has 0 fully saturated rings. The maximum atomic E-state index is 11.6. The summed E-state index contributed by atoms with van der Waals surface area (Å²) in [5.41, 5.74) is 0.854. The molecule has 1 heterocycles. The van der Waals surface area contributed by atoms with E-state index in [0.29, 0.717) is 13.1 Å². The fraction of sp³-hybridized carbons (Fsp3) is 0.500. The third-order valence-corrected chi connectivity index (χ3v) is 7.23. The van der Waals surface area contributed by atoms with Crippen molar-refractivity contribution in [1.29, 1.82) is 0 Å². The molecule has 0 saturated carbocycles. The van der Waals surface area contributed by atoms with E-state index in [-0.39, 0.29) is 0 Å². The largest absolute Gasteiger partial charge is 0.776 e. The van der Waals surface area contributed by atoms with Gasteiger partial charge >= 0.3 is 0 Å². The Morgan fingerprint density at radius 2 is 2.00 bits per heavy atom. The third-order valence-electron chi connectivity index (χ3n) is 2.84. The lowest BCUT2D eigenvalue weighted by molar-refractivity contribution is -0.704. The van der Waals surface area contributed by atoms with Gasteiger partial charge in [0.1, 0.15) is 0 Å². The summed E-state index contributed by atoms with van der Waals surface area (Å²) in [7, 11) is -9.92. The highest BCUT2D eigenvalue weighted by Crippen LogP contribution is 2.65. The molecule has 3 N–H and O–H groups in total. The SMILES string of the molecule is CCc1ccc[n+](CC(O)(P(C)(=O)O)P(=O)([O-])O)c1. The summed E-state index contributed by atoms with van der Waals surface area (Å²) in [5, 5.41) is 6.84. The van der Waals surface area contributed by atoms with Gasteiger partial charge < -0.3 is 24.4 Å². The minimum Gasteiger partial charge on any atom is -0.776 e. The van der Waals surface area contributed by atoms with Crippen LogP contribution in [0.3, 0.4) is 0 Å². The average molecular weight is 309 g/mol. The molecular formula is C10H17NO6P2. The van der Waals surface area contributed by atoms with Gasteiger partial charge in [0, 0.05) is 18.3 Å². The van der Waals surface area contributed by atoms with E-state index in [1.54, 1.807) is 12.1 Å². The lowest BCUT2D eigenvalue weighted by Crippen LogP contribution is -2.49. The molecule has 9 heteroatoms. The molecule has 0 saturated heterocycles. The molecular weight excluding hydrogens is 292 g/mol. The number of hydrogen-bond donors (Lipinski definition) is 3. The summed E-state index contributed by atoms with van der Waals surface area (Å²) in [4.78, 5) is 29.7. The lowest BCUT2D eigenvalue weighted by Gasteiger charge is -2.35. The first-order valence-corrected chi connectivity index (χ1v) is 9.24. The molecule has 19 heavy (non-hydrogen) atoms. The van der Waals surface area contributed by atoms with Crippen molar-refractivity contribution in [2.24, 2.45) is 0 Å². The second-order valence-electron chi connectivity index (χ2n) is 4.41. The van der Waals surface area contributed by atoms with E-state index in [1.165, 1.54) is 17.0 Å². The Bertz CT molecular complexity index is 527. The lowest BCUT2D eigenvalue weighted by atomic mass is 10.2. The number of rotatable bonds is 5. The minimum atomic E-state index is -5.43. The monoisotopic (exact) mass is 309 g/mol. The standard InChI is InChI=1S/C10H17NO6P2/c1-3-9-5-4-6-11(7-9)8-10(12,18(2,13)14)19(15,16)17/h4-7,12H,3,8H2,1-2H3,(H2-,13,14,15,16,17). The predicted octanol–water partition coefficient (Wildman–Crippen LogP) is -0.372. The number of aryl methyl sites for hydroxylation is 1. The second-order valence-corrected chi connectivity index (χ2v) is 9.04. The third kappa shape index (κ3) is 3.51. The van der Waals surface area contributed by atoms with Crippen molar-refractivity contribution in [2.75, 3.05) is 6.66 Å². The summed E-state index contributed by atoms with van der Waals surface area (Å²) in [6.45, 7) is 1.85. The molecule has 1 rings (SSSR count). The average Bonchev–Trinajstić information content (AvgIpc) is 2.26. The van der Waals surface area contributed by atoms with Crippen LogP contribution in [-0.4, -0.2) is 26.6 Å². The molecule has 7 nitrogen and oxygen atoms in total. The van der Waals surface area contributed by atoms with E-state index in [0.717, 1.165) is 5.56 Å². The van der Waals surface area contributed by atoms with Crippen molar-refractivity contribution in [3.05, 3.63) is 30.1 Å². The summed E-state index contributed by atoms with van der Waals surface area (Å²) in [6, 6.07) is 3.40. The highest BCUT2D eigenvalue weighted by Gasteiger charge is 2.54. The van der Waals surface area contributed by atoms with Gasteiger partial charge in [0.15, 0.2) is 26.5 Å². The Kier molecular flexibility index (Phi) is 4.73. The van der Waals surface area contributed by atoms with E-state index in [1.807, 2.05) is 6.92 Å². The molecule has 0 amide bonds. The Balaban J connectivity index is 3.23. The van der Waals surface area contributed by atoms with Crippen LogP contribution in [0.5, 0.6) is 0 Å². The van der Waals surface area contributed by atoms with Crippen molar-refractivity contribution in [1.82, 2.24) is 0 Å². The molecule has 3 atom stereocenters. The van der Waals surface area contributed by atoms with E-state index in [2.05, 4.69) is 0 Å². The second kappa shape index (κ2) is 5.44. The Labute approximate surface area is 111 Å². The minimum absolute atomic E-state index is 0.677. The highest BCUT2D eigenvalue weighted by atomic mass is 31.2. The van der Waals surface area contributed by atoms with Gasteiger partial charge in [0.25, 0.3) is 5.08 Å². The number of aromatic nitrogens is 1. The van der Waals surface area contributed by atoms with Crippen LogP contribution >= 0.6 is 15.0 Å². The summed E-state index contributed by atoms with van der Waals surface area (Å²) in [5.74, 6) is 0. The van der Waals surface area contributed by atoms with Crippen LogP contribution in [0.1, 0.15) is 12.5 Å². The first-order chi connectivity index (χ1) is 8.51. The van der Waals surface area contributed by atoms with Gasteiger partial charge in [-0.2, -0.15) is 0 Å². The van der Waals surface area contributed by atoms with Crippen molar-refractivity contribution < 1.29 is 33.5 Å². The van der Waals surface area contributed by atoms with E-state index in [4.69, 9.17) is 4.89 Å². The van der Waals surface area contributed by atoms with Crippen LogP contribution in [0, 0.1) is 0 Å². The van der Waals surface area contributed by atoms with Gasteiger partial charge in [-0.25, -0.2) is 4.57 Å². The van der Waals surface area contributed by atoms with E-state index >= 15 is 0 Å². The molecule has 1 aromatic heterocycles. The van der Waals surface area contributed by atoms with Gasteiger partial charge in [-0.3, -0.25) is 4.57 Å². The van der Waals surface area contributed by atoms with Crippen molar-refractivity contribution >= 4 is 15.0 Å². The van der Waals surface area contributed by atoms with Crippen LogP contribution in [0.15, 0.2) is 24.5 Å². The fourth-order valence-corrected chi connectivity index (χ4v) is 4.23. The number of nitrogens with zero attached hydrogens (tertiary/aromatic N) is 1. The van der Waals surface area contributed by atoms with Crippen LogP contribution in [0.2, 0.25) is 0 Å². The van der Waals surface area contributed by atoms with Crippen molar-refractivity contribution in [3.8, 4) is 0 Å². The van der Waals surface area contributed by atoms with Crippen molar-refractivity contribution in [2.45, 2.75) is 25.0 Å². The Hall–Kier alpha value is -0.550. The van der Waals surface area contributed by atoms with Crippen LogP contribution in [0.4, 0.5) is 0 Å². The molecule has 0 radical (unpaired) electrons. The fourth-order valence-electron chi connectivity index (χ4n) is 1.58. The van der Waals surface area contributed by atoms with Gasteiger partial charge in [0.2, 0.25) is 7.37 Å². The highest BCUT2D eigenvalue weighted by molar-refractivity contribution is 7.74. The van der Waals surface area contributed by atoms with Gasteiger partial charge in [-0.1, -0.05) is 6.92 Å².